The molecule has 1 aliphatic heterocycles. The van der Waals surface area contributed by atoms with Crippen LogP contribution in [0.25, 0.3) is 0 Å². The molecule has 1 fully saturated rings. The Morgan fingerprint density at radius 3 is 2.44 bits per heavy atom. The Balaban J connectivity index is 1.77. The van der Waals surface area contributed by atoms with Crippen molar-refractivity contribution in [1.29, 1.82) is 0 Å². The maximum Gasteiger partial charge on any atom is 0.0701 e. The third-order valence-electron chi connectivity index (χ3n) is 2.83. The fourth-order valence-corrected chi connectivity index (χ4v) is 1.86. The van der Waals surface area contributed by atoms with Crippen LogP contribution in [0.1, 0.15) is 25.7 Å². The highest BCUT2D eigenvalue weighted by atomic mass is 16.5. The highest BCUT2D eigenvalue weighted by molar-refractivity contribution is 4.71. The van der Waals surface area contributed by atoms with E-state index < -0.39 is 0 Å². The Morgan fingerprint density at radius 1 is 1.00 bits per heavy atom. The summed E-state index contributed by atoms with van der Waals surface area (Å²) in [4.78, 5) is 0. The molecule has 1 heterocycles. The van der Waals surface area contributed by atoms with Gasteiger partial charge >= 0.3 is 0 Å². The van der Waals surface area contributed by atoms with Gasteiger partial charge in [-0.05, 0) is 25.8 Å². The molecule has 1 rings (SSSR count). The van der Waals surface area contributed by atoms with Gasteiger partial charge < -0.3 is 19.5 Å². The normalized spacial score (nSPS) is 21.2. The van der Waals surface area contributed by atoms with Crippen molar-refractivity contribution >= 4 is 0 Å². The molecule has 0 radical (unpaired) electrons. The minimum atomic E-state index is 0.657. The van der Waals surface area contributed by atoms with Crippen LogP contribution in [0, 0.1) is 0 Å². The summed E-state index contributed by atoms with van der Waals surface area (Å²) in [6.07, 6.45) is 5.11. The summed E-state index contributed by atoms with van der Waals surface area (Å²) in [7, 11) is 1.68. The number of rotatable bonds is 9. The molecule has 0 bridgehead atoms. The molecule has 96 valence electrons. The lowest BCUT2D eigenvalue weighted by Gasteiger charge is -2.23. The maximum atomic E-state index is 5.51. The number of piperidine rings is 1. The van der Waals surface area contributed by atoms with Crippen molar-refractivity contribution in [1.82, 2.24) is 5.32 Å². The van der Waals surface area contributed by atoms with Gasteiger partial charge in [0.15, 0.2) is 0 Å². The number of hydrogen-bond acceptors (Lipinski definition) is 4. The fraction of sp³-hybridized carbons (Fsp3) is 1.00. The number of methoxy groups -OCH3 is 1. The van der Waals surface area contributed by atoms with E-state index in [0.29, 0.717) is 32.5 Å². The lowest BCUT2D eigenvalue weighted by Crippen LogP contribution is -2.34. The second kappa shape index (κ2) is 10.0. The monoisotopic (exact) mass is 231 g/mol. The smallest absolute Gasteiger partial charge is 0.0701 e. The van der Waals surface area contributed by atoms with Crippen molar-refractivity contribution in [3.8, 4) is 0 Å². The number of hydrogen-bond donors (Lipinski definition) is 1. The van der Waals surface area contributed by atoms with E-state index in [0.717, 1.165) is 13.0 Å². The van der Waals surface area contributed by atoms with Gasteiger partial charge in [-0.25, -0.2) is 0 Å². The first-order valence-corrected chi connectivity index (χ1v) is 6.31. The minimum absolute atomic E-state index is 0.657. The minimum Gasteiger partial charge on any atom is -0.382 e. The Morgan fingerprint density at radius 2 is 1.75 bits per heavy atom. The van der Waals surface area contributed by atoms with Crippen LogP contribution in [0.3, 0.4) is 0 Å². The van der Waals surface area contributed by atoms with Crippen molar-refractivity contribution in [2.24, 2.45) is 0 Å². The van der Waals surface area contributed by atoms with Crippen LogP contribution in [-0.2, 0) is 14.2 Å². The van der Waals surface area contributed by atoms with Crippen LogP contribution >= 0.6 is 0 Å². The van der Waals surface area contributed by atoms with Gasteiger partial charge in [-0.1, -0.05) is 6.42 Å². The molecule has 0 aromatic carbocycles. The highest BCUT2D eigenvalue weighted by Gasteiger charge is 2.11. The van der Waals surface area contributed by atoms with E-state index in [1.165, 1.54) is 25.8 Å². The standard InChI is InChI=1S/C12H25NO3/c1-14-8-9-16-11-10-15-7-5-12-4-2-3-6-13-12/h12-13H,2-11H2,1H3. The molecule has 1 unspecified atom stereocenters. The molecule has 0 amide bonds. The third kappa shape index (κ3) is 7.17. The van der Waals surface area contributed by atoms with Crippen molar-refractivity contribution in [3.05, 3.63) is 0 Å². The van der Waals surface area contributed by atoms with E-state index in [2.05, 4.69) is 5.32 Å². The molecule has 4 heteroatoms. The Labute approximate surface area is 98.6 Å². The van der Waals surface area contributed by atoms with Gasteiger partial charge in [-0.3, -0.25) is 0 Å². The van der Waals surface area contributed by atoms with E-state index >= 15 is 0 Å². The summed E-state index contributed by atoms with van der Waals surface area (Å²) >= 11 is 0. The molecule has 1 aliphatic rings. The average molecular weight is 231 g/mol. The lowest BCUT2D eigenvalue weighted by atomic mass is 10.0. The van der Waals surface area contributed by atoms with Crippen molar-refractivity contribution in [2.75, 3.05) is 46.7 Å². The molecule has 0 aliphatic carbocycles. The molecule has 0 saturated carbocycles. The molecular weight excluding hydrogens is 206 g/mol. The molecule has 4 nitrogen and oxygen atoms in total. The summed E-state index contributed by atoms with van der Waals surface area (Å²) in [6, 6.07) is 0.670. The van der Waals surface area contributed by atoms with Crippen molar-refractivity contribution in [2.45, 2.75) is 31.7 Å². The Kier molecular flexibility index (Phi) is 8.71. The molecule has 1 N–H and O–H groups in total. The quantitative estimate of drug-likeness (QED) is 0.605. The van der Waals surface area contributed by atoms with Crippen LogP contribution in [0.2, 0.25) is 0 Å². The van der Waals surface area contributed by atoms with Gasteiger partial charge in [0.2, 0.25) is 0 Å². The highest BCUT2D eigenvalue weighted by Crippen LogP contribution is 2.09. The summed E-state index contributed by atoms with van der Waals surface area (Å²) in [6.45, 7) is 4.68. The first-order chi connectivity index (χ1) is 7.93. The zero-order chi connectivity index (χ0) is 11.5. The molecular formula is C12H25NO3. The van der Waals surface area contributed by atoms with Gasteiger partial charge in [0.1, 0.15) is 0 Å². The Bertz CT molecular complexity index is 149. The zero-order valence-electron chi connectivity index (χ0n) is 10.4. The third-order valence-corrected chi connectivity index (χ3v) is 2.83. The molecule has 0 aromatic heterocycles. The molecule has 0 aromatic rings. The van der Waals surface area contributed by atoms with Crippen molar-refractivity contribution in [3.63, 3.8) is 0 Å². The van der Waals surface area contributed by atoms with Gasteiger partial charge in [-0.15, -0.1) is 0 Å². The second-order valence-corrected chi connectivity index (χ2v) is 4.15. The van der Waals surface area contributed by atoms with Crippen LogP contribution in [0.4, 0.5) is 0 Å². The molecule has 1 saturated heterocycles. The maximum absolute atomic E-state index is 5.51. The molecule has 1 atom stereocenters. The van der Waals surface area contributed by atoms with Crippen LogP contribution in [0.5, 0.6) is 0 Å². The first-order valence-electron chi connectivity index (χ1n) is 6.31. The predicted octanol–water partition coefficient (Wildman–Crippen LogP) is 1.20. The van der Waals surface area contributed by atoms with Gasteiger partial charge in [0.25, 0.3) is 0 Å². The van der Waals surface area contributed by atoms with Gasteiger partial charge in [-0.2, -0.15) is 0 Å². The van der Waals surface area contributed by atoms with Crippen molar-refractivity contribution < 1.29 is 14.2 Å². The summed E-state index contributed by atoms with van der Waals surface area (Å²) < 4.78 is 15.7. The molecule has 16 heavy (non-hydrogen) atoms. The summed E-state index contributed by atoms with van der Waals surface area (Å²) in [5, 5.41) is 3.51. The lowest BCUT2D eigenvalue weighted by molar-refractivity contribution is 0.0224. The van der Waals surface area contributed by atoms with E-state index in [4.69, 9.17) is 14.2 Å². The van der Waals surface area contributed by atoms with Crippen LogP contribution < -0.4 is 5.32 Å². The Hall–Kier alpha value is -0.160. The van der Waals surface area contributed by atoms with E-state index in [-0.39, 0.29) is 0 Å². The predicted molar refractivity (Wildman–Crippen MR) is 63.8 cm³/mol. The second-order valence-electron chi connectivity index (χ2n) is 4.15. The van der Waals surface area contributed by atoms with Gasteiger partial charge in [0, 0.05) is 19.8 Å². The fourth-order valence-electron chi connectivity index (χ4n) is 1.86. The number of ether oxygens (including phenoxy) is 3. The average Bonchev–Trinajstić information content (AvgIpc) is 2.34. The molecule has 0 spiro atoms. The van der Waals surface area contributed by atoms with Crippen LogP contribution in [-0.4, -0.2) is 52.7 Å². The SMILES string of the molecule is COCCOCCOCCC1CCCCN1. The van der Waals surface area contributed by atoms with Crippen LogP contribution in [0.15, 0.2) is 0 Å². The zero-order valence-corrected chi connectivity index (χ0v) is 10.4. The van der Waals surface area contributed by atoms with E-state index in [9.17, 15) is 0 Å². The largest absolute Gasteiger partial charge is 0.382 e. The summed E-state index contributed by atoms with van der Waals surface area (Å²) in [5.41, 5.74) is 0. The van der Waals surface area contributed by atoms with E-state index in [1.54, 1.807) is 7.11 Å². The first kappa shape index (κ1) is 13.9. The summed E-state index contributed by atoms with van der Waals surface area (Å²) in [5.74, 6) is 0. The number of nitrogens with one attached hydrogen (secondary N) is 1. The van der Waals surface area contributed by atoms with Gasteiger partial charge in [0.05, 0.1) is 26.4 Å². The topological polar surface area (TPSA) is 39.7 Å². The van der Waals surface area contributed by atoms with E-state index in [1.807, 2.05) is 0 Å².